The van der Waals surface area contributed by atoms with Gasteiger partial charge in [0.25, 0.3) is 0 Å². The molecular formula is C16H25NO2. The van der Waals surface area contributed by atoms with E-state index in [1.807, 2.05) is 41.5 Å². The third-order valence-corrected chi connectivity index (χ3v) is 3.21. The maximum atomic E-state index is 11.8. The van der Waals surface area contributed by atoms with E-state index in [-0.39, 0.29) is 12.5 Å². The van der Waals surface area contributed by atoms with Gasteiger partial charge in [0.15, 0.2) is 0 Å². The molecule has 19 heavy (non-hydrogen) atoms. The average molecular weight is 263 g/mol. The maximum Gasteiger partial charge on any atom is 0.225 e. The second-order valence-corrected chi connectivity index (χ2v) is 6.29. The van der Waals surface area contributed by atoms with Crippen LogP contribution in [0.15, 0.2) is 12.1 Å². The smallest absolute Gasteiger partial charge is 0.225 e. The molecule has 1 aromatic carbocycles. The van der Waals surface area contributed by atoms with Crippen LogP contribution >= 0.6 is 0 Å². The van der Waals surface area contributed by atoms with E-state index in [4.69, 9.17) is 0 Å². The number of nitrogens with one attached hydrogen (secondary N) is 1. The van der Waals surface area contributed by atoms with Gasteiger partial charge in [-0.25, -0.2) is 0 Å². The minimum Gasteiger partial charge on any atom is -0.387 e. The van der Waals surface area contributed by atoms with Gasteiger partial charge in [-0.15, -0.1) is 0 Å². The van der Waals surface area contributed by atoms with Crippen molar-refractivity contribution in [1.82, 2.24) is 5.32 Å². The summed E-state index contributed by atoms with van der Waals surface area (Å²) in [6, 6.07) is 4.11. The van der Waals surface area contributed by atoms with Crippen LogP contribution in [0.25, 0.3) is 0 Å². The fourth-order valence-electron chi connectivity index (χ4n) is 2.27. The van der Waals surface area contributed by atoms with E-state index >= 15 is 0 Å². The normalized spacial score (nSPS) is 13.2. The number of hydrogen-bond acceptors (Lipinski definition) is 2. The zero-order chi connectivity index (χ0) is 14.8. The van der Waals surface area contributed by atoms with Gasteiger partial charge < -0.3 is 10.4 Å². The van der Waals surface area contributed by atoms with Crippen LogP contribution in [0, 0.1) is 26.2 Å². The summed E-state index contributed by atoms with van der Waals surface area (Å²) in [4.78, 5) is 11.8. The molecule has 0 spiro atoms. The SMILES string of the molecule is Cc1cc(C)c(C(O)CNC(=O)C(C)(C)C)c(C)c1. The van der Waals surface area contributed by atoms with E-state index in [1.165, 1.54) is 5.56 Å². The highest BCUT2D eigenvalue weighted by molar-refractivity contribution is 5.81. The average Bonchev–Trinajstić information content (AvgIpc) is 2.22. The first-order valence-corrected chi connectivity index (χ1v) is 6.67. The van der Waals surface area contributed by atoms with Crippen molar-refractivity contribution in [2.45, 2.75) is 47.6 Å². The number of rotatable bonds is 3. The minimum atomic E-state index is -0.660. The van der Waals surface area contributed by atoms with Crippen molar-refractivity contribution in [2.24, 2.45) is 5.41 Å². The van der Waals surface area contributed by atoms with E-state index in [2.05, 4.69) is 17.4 Å². The van der Waals surface area contributed by atoms with Crippen LogP contribution in [0.2, 0.25) is 0 Å². The lowest BCUT2D eigenvalue weighted by atomic mass is 9.94. The Kier molecular flexibility index (Phi) is 4.75. The standard InChI is InChI=1S/C16H25NO2/c1-10-7-11(2)14(12(3)8-10)13(18)9-17-15(19)16(4,5)6/h7-8,13,18H,9H2,1-6H3,(H,17,19). The fourth-order valence-corrected chi connectivity index (χ4v) is 2.27. The van der Waals surface area contributed by atoms with Crippen molar-refractivity contribution >= 4 is 5.91 Å². The van der Waals surface area contributed by atoms with E-state index < -0.39 is 11.5 Å². The molecule has 3 nitrogen and oxygen atoms in total. The summed E-state index contributed by atoms with van der Waals surface area (Å²) in [5, 5.41) is 13.1. The lowest BCUT2D eigenvalue weighted by Crippen LogP contribution is -2.37. The lowest BCUT2D eigenvalue weighted by molar-refractivity contribution is -0.129. The fraction of sp³-hybridized carbons (Fsp3) is 0.562. The Morgan fingerprint density at radius 1 is 1.21 bits per heavy atom. The number of hydrogen-bond donors (Lipinski definition) is 2. The second kappa shape index (κ2) is 5.74. The Hall–Kier alpha value is -1.35. The Balaban J connectivity index is 2.80. The molecule has 1 atom stereocenters. The molecule has 0 radical (unpaired) electrons. The summed E-state index contributed by atoms with van der Waals surface area (Å²) < 4.78 is 0. The number of aliphatic hydroxyl groups is 1. The largest absolute Gasteiger partial charge is 0.387 e. The third kappa shape index (κ3) is 4.06. The highest BCUT2D eigenvalue weighted by Crippen LogP contribution is 2.23. The van der Waals surface area contributed by atoms with Crippen LogP contribution in [0.3, 0.4) is 0 Å². The first kappa shape index (κ1) is 15.7. The number of carbonyl (C=O) groups is 1. The van der Waals surface area contributed by atoms with Gasteiger partial charge in [0, 0.05) is 12.0 Å². The molecule has 0 aliphatic heterocycles. The van der Waals surface area contributed by atoms with Crippen molar-refractivity contribution in [3.05, 3.63) is 34.4 Å². The Morgan fingerprint density at radius 2 is 1.68 bits per heavy atom. The van der Waals surface area contributed by atoms with Crippen LogP contribution in [0.5, 0.6) is 0 Å². The van der Waals surface area contributed by atoms with Gasteiger partial charge in [0.05, 0.1) is 6.10 Å². The van der Waals surface area contributed by atoms with Crippen LogP contribution in [0.1, 0.15) is 49.1 Å². The monoisotopic (exact) mass is 263 g/mol. The lowest BCUT2D eigenvalue weighted by Gasteiger charge is -2.21. The van der Waals surface area contributed by atoms with E-state index in [1.54, 1.807) is 0 Å². The van der Waals surface area contributed by atoms with Crippen LogP contribution in [0.4, 0.5) is 0 Å². The van der Waals surface area contributed by atoms with Crippen molar-refractivity contribution < 1.29 is 9.90 Å². The number of amides is 1. The van der Waals surface area contributed by atoms with Crippen molar-refractivity contribution in [1.29, 1.82) is 0 Å². The predicted molar refractivity (Wildman–Crippen MR) is 78.1 cm³/mol. The highest BCUT2D eigenvalue weighted by atomic mass is 16.3. The number of benzene rings is 1. The molecule has 0 saturated carbocycles. The summed E-state index contributed by atoms with van der Waals surface area (Å²) in [5.41, 5.74) is 3.80. The van der Waals surface area contributed by atoms with Crippen molar-refractivity contribution in [2.75, 3.05) is 6.54 Å². The van der Waals surface area contributed by atoms with Crippen LogP contribution < -0.4 is 5.32 Å². The summed E-state index contributed by atoms with van der Waals surface area (Å²) in [6.45, 7) is 11.8. The third-order valence-electron chi connectivity index (χ3n) is 3.21. The molecule has 0 heterocycles. The van der Waals surface area contributed by atoms with E-state index in [9.17, 15) is 9.90 Å². The molecule has 0 saturated heterocycles. The van der Waals surface area contributed by atoms with Gasteiger partial charge >= 0.3 is 0 Å². The molecule has 0 fully saturated rings. The van der Waals surface area contributed by atoms with Gasteiger partial charge in [-0.05, 0) is 37.5 Å². The van der Waals surface area contributed by atoms with Crippen molar-refractivity contribution in [3.63, 3.8) is 0 Å². The molecule has 2 N–H and O–H groups in total. The van der Waals surface area contributed by atoms with Gasteiger partial charge in [-0.2, -0.15) is 0 Å². The molecule has 1 unspecified atom stereocenters. The number of aliphatic hydroxyl groups excluding tert-OH is 1. The topological polar surface area (TPSA) is 49.3 Å². The molecular weight excluding hydrogens is 238 g/mol. The number of carbonyl (C=O) groups excluding carboxylic acids is 1. The number of aryl methyl sites for hydroxylation is 3. The van der Waals surface area contributed by atoms with Crippen LogP contribution in [-0.4, -0.2) is 17.6 Å². The molecule has 1 aromatic rings. The molecule has 0 aliphatic rings. The van der Waals surface area contributed by atoms with E-state index in [0.29, 0.717) is 0 Å². The highest BCUT2D eigenvalue weighted by Gasteiger charge is 2.22. The Morgan fingerprint density at radius 3 is 2.11 bits per heavy atom. The molecule has 1 rings (SSSR count). The zero-order valence-electron chi connectivity index (χ0n) is 12.8. The Labute approximate surface area is 116 Å². The summed E-state index contributed by atoms with van der Waals surface area (Å²) in [6.07, 6.45) is -0.660. The van der Waals surface area contributed by atoms with Gasteiger partial charge in [-0.1, -0.05) is 38.5 Å². The summed E-state index contributed by atoms with van der Waals surface area (Å²) in [5.74, 6) is -0.0473. The first-order valence-electron chi connectivity index (χ1n) is 6.67. The molecule has 1 amide bonds. The zero-order valence-corrected chi connectivity index (χ0v) is 12.8. The minimum absolute atomic E-state index is 0.0473. The molecule has 106 valence electrons. The molecule has 3 heteroatoms. The Bertz CT molecular complexity index is 449. The van der Waals surface area contributed by atoms with Gasteiger partial charge in [0.1, 0.15) is 0 Å². The van der Waals surface area contributed by atoms with Crippen molar-refractivity contribution in [3.8, 4) is 0 Å². The second-order valence-electron chi connectivity index (χ2n) is 6.29. The molecule has 0 aromatic heterocycles. The predicted octanol–water partition coefficient (Wildman–Crippen LogP) is 2.81. The van der Waals surface area contributed by atoms with Crippen LogP contribution in [-0.2, 0) is 4.79 Å². The summed E-state index contributed by atoms with van der Waals surface area (Å²) in [7, 11) is 0. The van der Waals surface area contributed by atoms with E-state index in [0.717, 1.165) is 16.7 Å². The first-order chi connectivity index (χ1) is 8.62. The van der Waals surface area contributed by atoms with Gasteiger partial charge in [0.2, 0.25) is 5.91 Å². The van der Waals surface area contributed by atoms with Gasteiger partial charge in [-0.3, -0.25) is 4.79 Å². The quantitative estimate of drug-likeness (QED) is 0.881. The molecule has 0 aliphatic carbocycles. The molecule has 0 bridgehead atoms. The maximum absolute atomic E-state index is 11.8. The summed E-state index contributed by atoms with van der Waals surface area (Å²) >= 11 is 0.